The number of ether oxygens (including phenoxy) is 2. The zero-order valence-electron chi connectivity index (χ0n) is 13.2. The molecular formula is C16H13BrF3N3O3. The molecule has 1 aromatic heterocycles. The van der Waals surface area contributed by atoms with Gasteiger partial charge in [0.2, 0.25) is 12.0 Å². The van der Waals surface area contributed by atoms with Crippen molar-refractivity contribution in [1.82, 2.24) is 15.1 Å². The second-order valence-electron chi connectivity index (χ2n) is 6.14. The summed E-state index contributed by atoms with van der Waals surface area (Å²) < 4.78 is 50.4. The van der Waals surface area contributed by atoms with Crippen molar-refractivity contribution in [3.63, 3.8) is 0 Å². The van der Waals surface area contributed by atoms with E-state index in [0.29, 0.717) is 13.0 Å². The number of rotatable bonds is 2. The molecule has 26 heavy (non-hydrogen) atoms. The summed E-state index contributed by atoms with van der Waals surface area (Å²) in [7, 11) is 0. The van der Waals surface area contributed by atoms with Crippen LogP contribution in [0.3, 0.4) is 0 Å². The summed E-state index contributed by atoms with van der Waals surface area (Å²) in [6.45, 7) is -0.152. The first-order valence-corrected chi connectivity index (χ1v) is 8.62. The molecule has 0 radical (unpaired) electrons. The minimum atomic E-state index is -4.47. The third-order valence-electron chi connectivity index (χ3n) is 4.21. The fourth-order valence-corrected chi connectivity index (χ4v) is 3.37. The Labute approximate surface area is 154 Å². The van der Waals surface area contributed by atoms with Gasteiger partial charge in [-0.1, -0.05) is 15.9 Å². The highest BCUT2D eigenvalue weighted by atomic mass is 79.9. The van der Waals surface area contributed by atoms with E-state index in [4.69, 9.17) is 9.47 Å². The van der Waals surface area contributed by atoms with Gasteiger partial charge in [-0.2, -0.15) is 18.3 Å². The number of nitrogens with zero attached hydrogens (tertiary/aromatic N) is 2. The van der Waals surface area contributed by atoms with Crippen LogP contribution in [0.25, 0.3) is 0 Å². The Hall–Kier alpha value is -2.23. The van der Waals surface area contributed by atoms with E-state index in [1.54, 1.807) is 0 Å². The zero-order chi connectivity index (χ0) is 18.5. The number of benzene rings is 1. The number of aromatic nitrogens is 2. The van der Waals surface area contributed by atoms with Crippen LogP contribution in [0.15, 0.2) is 28.7 Å². The molecule has 1 N–H and O–H groups in total. The van der Waals surface area contributed by atoms with Gasteiger partial charge in [0.25, 0.3) is 5.91 Å². The van der Waals surface area contributed by atoms with Gasteiger partial charge in [-0.25, -0.2) is 4.68 Å². The molecule has 0 bridgehead atoms. The summed E-state index contributed by atoms with van der Waals surface area (Å²) in [5.41, 5.74) is 0.972. The van der Waals surface area contributed by atoms with Crippen molar-refractivity contribution >= 4 is 21.8 Å². The second-order valence-corrected chi connectivity index (χ2v) is 7.05. The van der Waals surface area contributed by atoms with Crippen molar-refractivity contribution in [3.8, 4) is 11.6 Å². The third-order valence-corrected chi connectivity index (χ3v) is 4.70. The maximum Gasteiger partial charge on any atom is 0.427 e. The molecule has 4 rings (SSSR count). The lowest BCUT2D eigenvalue weighted by Gasteiger charge is -2.26. The minimum Gasteiger partial charge on any atom is -0.491 e. The number of carbonyl (C=O) groups is 1. The van der Waals surface area contributed by atoms with Crippen LogP contribution in [-0.2, 0) is 13.0 Å². The predicted molar refractivity (Wildman–Crippen MR) is 87.3 cm³/mol. The minimum absolute atomic E-state index is 0.0145. The van der Waals surface area contributed by atoms with Crippen molar-refractivity contribution in [2.45, 2.75) is 31.3 Å². The number of fused-ring (bicyclic) bond motifs is 2. The normalized spacial score (nSPS) is 21.4. The van der Waals surface area contributed by atoms with E-state index < -0.39 is 24.7 Å². The fraction of sp³-hybridized carbons (Fsp3) is 0.375. The Balaban J connectivity index is 1.41. The predicted octanol–water partition coefficient (Wildman–Crippen LogP) is 2.70. The van der Waals surface area contributed by atoms with Gasteiger partial charge in [-0.3, -0.25) is 4.79 Å². The Morgan fingerprint density at radius 3 is 2.88 bits per heavy atom. The summed E-state index contributed by atoms with van der Waals surface area (Å²) in [6.07, 6.45) is -5.81. The lowest BCUT2D eigenvalue weighted by molar-refractivity contribution is -0.190. The molecule has 10 heteroatoms. The van der Waals surface area contributed by atoms with E-state index in [-0.39, 0.29) is 17.6 Å². The number of alkyl halides is 3. The highest BCUT2D eigenvalue weighted by Crippen LogP contribution is 2.32. The Morgan fingerprint density at radius 2 is 2.15 bits per heavy atom. The molecule has 0 fully saturated rings. The fourth-order valence-electron chi connectivity index (χ4n) is 2.96. The van der Waals surface area contributed by atoms with E-state index in [0.717, 1.165) is 20.5 Å². The van der Waals surface area contributed by atoms with Gasteiger partial charge in [0.15, 0.2) is 5.69 Å². The van der Waals surface area contributed by atoms with Crippen LogP contribution in [-0.4, -0.2) is 40.6 Å². The number of halogens is 4. The molecule has 6 nitrogen and oxygen atoms in total. The van der Waals surface area contributed by atoms with Crippen molar-refractivity contribution in [2.24, 2.45) is 0 Å². The van der Waals surface area contributed by atoms with Gasteiger partial charge in [0, 0.05) is 10.5 Å². The van der Waals surface area contributed by atoms with E-state index in [1.807, 2.05) is 18.2 Å². The van der Waals surface area contributed by atoms with Crippen molar-refractivity contribution < 1.29 is 27.4 Å². The first-order valence-electron chi connectivity index (χ1n) is 7.83. The molecule has 1 aromatic carbocycles. The van der Waals surface area contributed by atoms with E-state index in [9.17, 15) is 18.0 Å². The van der Waals surface area contributed by atoms with Crippen molar-refractivity contribution in [1.29, 1.82) is 0 Å². The van der Waals surface area contributed by atoms with Crippen LogP contribution in [0.1, 0.15) is 16.1 Å². The van der Waals surface area contributed by atoms with Crippen LogP contribution < -0.4 is 14.8 Å². The van der Waals surface area contributed by atoms with Crippen LogP contribution in [0.4, 0.5) is 13.2 Å². The summed E-state index contributed by atoms with van der Waals surface area (Å²) >= 11 is 3.39. The van der Waals surface area contributed by atoms with Crippen LogP contribution in [0, 0.1) is 0 Å². The summed E-state index contributed by atoms with van der Waals surface area (Å²) in [5, 5.41) is 6.70. The topological polar surface area (TPSA) is 65.4 Å². The largest absolute Gasteiger partial charge is 0.491 e. The van der Waals surface area contributed by atoms with Gasteiger partial charge in [0.1, 0.15) is 12.4 Å². The molecule has 1 unspecified atom stereocenters. The molecule has 1 amide bonds. The van der Waals surface area contributed by atoms with Gasteiger partial charge in [-0.15, -0.1) is 0 Å². The number of amides is 1. The average Bonchev–Trinajstić information content (AvgIpc) is 3.13. The highest BCUT2D eigenvalue weighted by Gasteiger charge is 2.46. The first kappa shape index (κ1) is 17.2. The molecule has 0 saturated carbocycles. The smallest absolute Gasteiger partial charge is 0.427 e. The maximum atomic E-state index is 12.7. The maximum absolute atomic E-state index is 12.7. The van der Waals surface area contributed by atoms with Gasteiger partial charge < -0.3 is 14.8 Å². The highest BCUT2D eigenvalue weighted by molar-refractivity contribution is 9.10. The molecule has 2 aliphatic heterocycles. The quantitative estimate of drug-likeness (QED) is 0.793. The molecule has 3 heterocycles. The number of carbonyl (C=O) groups excluding carboxylic acids is 1. The molecule has 0 saturated heterocycles. The lowest BCUT2D eigenvalue weighted by atomic mass is 10.0. The molecular weight excluding hydrogens is 419 g/mol. The summed E-state index contributed by atoms with van der Waals surface area (Å²) in [6, 6.07) is 6.61. The lowest BCUT2D eigenvalue weighted by Crippen LogP contribution is -2.43. The van der Waals surface area contributed by atoms with Crippen LogP contribution in [0.5, 0.6) is 11.6 Å². The number of hydrogen-bond donors (Lipinski definition) is 1. The number of hydrogen-bond acceptors (Lipinski definition) is 4. The van der Waals surface area contributed by atoms with Gasteiger partial charge in [-0.05, 0) is 30.2 Å². The standard InChI is InChI=1S/C16H13BrF3N3O3/c17-9-1-2-12-8(3-9)4-10(7-25-12)21-15(24)11-5-14-23(22-11)6-13(26-14)16(18,19)20/h1-3,5,10,13H,4,6-7H2,(H,21,24)/t10-,13?/m1/s1. The second kappa shape index (κ2) is 6.19. The average molecular weight is 432 g/mol. The SMILES string of the molecule is O=C(N[C@H]1COc2ccc(Br)cc2C1)c1cc2n(n1)CC(C(F)(F)F)O2. The van der Waals surface area contributed by atoms with Gasteiger partial charge >= 0.3 is 6.18 Å². The Kier molecular flexibility index (Phi) is 4.09. The van der Waals surface area contributed by atoms with Crippen LogP contribution in [0.2, 0.25) is 0 Å². The zero-order valence-corrected chi connectivity index (χ0v) is 14.8. The van der Waals surface area contributed by atoms with Gasteiger partial charge in [0.05, 0.1) is 12.6 Å². The van der Waals surface area contributed by atoms with Crippen molar-refractivity contribution in [2.75, 3.05) is 6.61 Å². The molecule has 2 atom stereocenters. The molecule has 2 aliphatic rings. The summed E-state index contributed by atoms with van der Waals surface area (Å²) in [5.74, 6) is 0.226. The summed E-state index contributed by atoms with van der Waals surface area (Å²) in [4.78, 5) is 12.3. The molecule has 0 spiro atoms. The van der Waals surface area contributed by atoms with Crippen molar-refractivity contribution in [3.05, 3.63) is 40.0 Å². The monoisotopic (exact) mass is 431 g/mol. The van der Waals surface area contributed by atoms with E-state index >= 15 is 0 Å². The van der Waals surface area contributed by atoms with E-state index in [1.165, 1.54) is 6.07 Å². The van der Waals surface area contributed by atoms with E-state index in [2.05, 4.69) is 26.3 Å². The third kappa shape index (κ3) is 3.25. The Morgan fingerprint density at radius 1 is 1.35 bits per heavy atom. The molecule has 138 valence electrons. The molecule has 2 aromatic rings. The first-order chi connectivity index (χ1) is 12.3. The van der Waals surface area contributed by atoms with Crippen LogP contribution >= 0.6 is 15.9 Å². The molecule has 0 aliphatic carbocycles. The number of nitrogens with one attached hydrogen (secondary N) is 1. The Bertz CT molecular complexity index is 845.